The van der Waals surface area contributed by atoms with Gasteiger partial charge >= 0.3 is 22.9 Å². The number of amides is 1. The lowest BCUT2D eigenvalue weighted by Gasteiger charge is -2.15. The predicted octanol–water partition coefficient (Wildman–Crippen LogP) is 7.39. The molecule has 1 aliphatic rings. The molecule has 1 aromatic carbocycles. The molecule has 0 saturated heterocycles. The highest BCUT2D eigenvalue weighted by Crippen LogP contribution is 2.41. The predicted molar refractivity (Wildman–Crippen MR) is 131 cm³/mol. The number of benzene rings is 1. The number of anilines is 1. The number of hydrogen-bond acceptors (Lipinski definition) is 7. The van der Waals surface area contributed by atoms with E-state index in [0.717, 1.165) is 4.68 Å². The summed E-state index contributed by atoms with van der Waals surface area (Å²) >= 11 is 25.5. The molecule has 0 unspecified atom stereocenters. The van der Waals surface area contributed by atoms with Gasteiger partial charge in [0.05, 0.1) is 28.1 Å². The van der Waals surface area contributed by atoms with Crippen LogP contribution in [0.5, 0.6) is 5.75 Å². The molecule has 0 bridgehead atoms. The van der Waals surface area contributed by atoms with Gasteiger partial charge in [-0.15, -0.1) is 11.6 Å². The van der Waals surface area contributed by atoms with Crippen LogP contribution in [0.4, 0.5) is 28.6 Å². The molecule has 0 radical (unpaired) electrons. The van der Waals surface area contributed by atoms with E-state index in [9.17, 15) is 28.0 Å². The van der Waals surface area contributed by atoms with Crippen molar-refractivity contribution in [2.75, 3.05) is 18.3 Å². The van der Waals surface area contributed by atoms with Crippen LogP contribution >= 0.6 is 58.0 Å². The van der Waals surface area contributed by atoms with Gasteiger partial charge in [0.15, 0.2) is 5.82 Å². The Morgan fingerprint density at radius 1 is 1.19 bits per heavy atom. The maximum atomic E-state index is 13.1. The van der Waals surface area contributed by atoms with Gasteiger partial charge in [0.25, 0.3) is 0 Å². The smallest absolute Gasteiger partial charge is 0.416 e. The molecule has 1 aromatic heterocycles. The molecule has 9 nitrogen and oxygen atoms in total. The van der Waals surface area contributed by atoms with E-state index in [-0.39, 0.29) is 24.0 Å². The summed E-state index contributed by atoms with van der Waals surface area (Å²) < 4.78 is 49.1. The molecule has 2 aromatic rings. The first-order chi connectivity index (χ1) is 17.3. The van der Waals surface area contributed by atoms with Gasteiger partial charge in [0, 0.05) is 6.38 Å². The molecule has 1 aliphatic carbocycles. The average molecular weight is 627 g/mol. The van der Waals surface area contributed by atoms with Crippen LogP contribution < -0.4 is 10.1 Å². The Morgan fingerprint density at radius 2 is 1.70 bits per heavy atom. The summed E-state index contributed by atoms with van der Waals surface area (Å²) in [5.74, 6) is -1.76. The van der Waals surface area contributed by atoms with Gasteiger partial charge in [-0.05, 0) is 55.1 Å². The fourth-order valence-electron chi connectivity index (χ4n) is 2.54. The van der Waals surface area contributed by atoms with Crippen LogP contribution in [-0.4, -0.2) is 39.5 Å². The molecule has 37 heavy (non-hydrogen) atoms. The normalized spacial score (nSPS) is 12.1. The summed E-state index contributed by atoms with van der Waals surface area (Å²) in [6, 6.07) is 2.93. The van der Waals surface area contributed by atoms with Crippen LogP contribution in [0.2, 0.25) is 10.0 Å². The zero-order valence-corrected chi connectivity index (χ0v) is 22.5. The van der Waals surface area contributed by atoms with Crippen LogP contribution in [-0.2, 0) is 15.7 Å². The lowest BCUT2D eigenvalue weighted by atomic mass is 10.2. The Hall–Kier alpha value is -2.43. The highest BCUT2D eigenvalue weighted by molar-refractivity contribution is 6.93. The van der Waals surface area contributed by atoms with Crippen LogP contribution in [0, 0.1) is 17.2 Å². The Bertz CT molecular complexity index is 1170. The second-order valence-electron chi connectivity index (χ2n) is 6.60. The second-order valence-corrected chi connectivity index (χ2v) is 8.30. The SMILES string of the molecule is CCOC(=O)Nc1c(OC(=O)C2CC2)c(C#N)nn1-c1c(Cl)cc(C(F)(F)F)cc1Cl.CCl.O=C(Cl)Cl. The number of aromatic nitrogens is 2. The van der Waals surface area contributed by atoms with Gasteiger partial charge in [-0.3, -0.25) is 14.9 Å². The van der Waals surface area contributed by atoms with Gasteiger partial charge < -0.3 is 9.47 Å². The number of nitrogens with one attached hydrogen (secondary N) is 1. The number of rotatable bonds is 5. The standard InChI is InChI=1S/C18H13Cl2F3N4O4.CCl2O.CH3Cl/c1-2-30-17(29)25-15-14(31-16(28)8-3-4-8)12(7-24)26-27(15)13-10(19)5-9(6-11(13)20)18(21,22)23;2-1(3)4;1-2/h5-6,8H,2-4H2,1H3,(H,25,29);;1H3. The zero-order chi connectivity index (χ0) is 28.5. The average Bonchev–Trinajstić information content (AvgIpc) is 3.60. The van der Waals surface area contributed by atoms with Crippen LogP contribution in [0.1, 0.15) is 31.0 Å². The monoisotopic (exact) mass is 624 g/mol. The van der Waals surface area contributed by atoms with Crippen LogP contribution in [0.25, 0.3) is 5.69 Å². The summed E-state index contributed by atoms with van der Waals surface area (Å²) in [5, 5.41) is 14.7. The summed E-state index contributed by atoms with van der Waals surface area (Å²) in [5.41, 5.74) is -1.81. The van der Waals surface area contributed by atoms with Crippen molar-refractivity contribution in [2.24, 2.45) is 5.92 Å². The quantitative estimate of drug-likeness (QED) is 0.209. The molecular formula is C20H16Cl5F3N4O5. The van der Waals surface area contributed by atoms with Gasteiger partial charge in [-0.1, -0.05) is 23.2 Å². The van der Waals surface area contributed by atoms with Crippen molar-refractivity contribution in [3.05, 3.63) is 33.4 Å². The minimum atomic E-state index is -4.72. The number of esters is 1. The van der Waals surface area contributed by atoms with E-state index in [2.05, 4.69) is 45.2 Å². The van der Waals surface area contributed by atoms with Crippen LogP contribution in [0.15, 0.2) is 12.1 Å². The first kappa shape index (κ1) is 32.6. The van der Waals surface area contributed by atoms with Crippen molar-refractivity contribution in [3.63, 3.8) is 0 Å². The van der Waals surface area contributed by atoms with E-state index in [1.54, 1.807) is 6.07 Å². The number of ether oxygens (including phenoxy) is 2. The Kier molecular flexibility index (Phi) is 12.8. The first-order valence-electron chi connectivity index (χ1n) is 9.78. The topological polar surface area (TPSA) is 123 Å². The lowest BCUT2D eigenvalue weighted by Crippen LogP contribution is -2.18. The maximum Gasteiger partial charge on any atom is 0.416 e. The van der Waals surface area contributed by atoms with Crippen molar-refractivity contribution in [1.82, 2.24) is 9.78 Å². The maximum absolute atomic E-state index is 13.1. The van der Waals surface area contributed by atoms with Gasteiger partial charge in [0.2, 0.25) is 11.4 Å². The minimum absolute atomic E-state index is 0.00986. The zero-order valence-electron chi connectivity index (χ0n) is 18.8. The largest absolute Gasteiger partial charge is 0.450 e. The van der Waals surface area contributed by atoms with Crippen molar-refractivity contribution in [3.8, 4) is 17.5 Å². The third-order valence-corrected chi connectivity index (χ3v) is 4.69. The van der Waals surface area contributed by atoms with E-state index < -0.39 is 50.0 Å². The summed E-state index contributed by atoms with van der Waals surface area (Å²) in [6.07, 6.45) is -3.03. The number of carbonyl (C=O) groups excluding carboxylic acids is 3. The molecule has 0 atom stereocenters. The second kappa shape index (κ2) is 14.5. The van der Waals surface area contributed by atoms with Gasteiger partial charge in [-0.25, -0.2) is 9.48 Å². The lowest BCUT2D eigenvalue weighted by molar-refractivity contribution is -0.137. The molecule has 0 spiro atoms. The highest BCUT2D eigenvalue weighted by Gasteiger charge is 2.36. The fraction of sp³-hybridized carbons (Fsp3) is 0.350. The number of nitrogens with zero attached hydrogens (tertiary/aromatic N) is 3. The number of nitriles is 1. The third-order valence-electron chi connectivity index (χ3n) is 4.11. The molecule has 1 saturated carbocycles. The van der Waals surface area contributed by atoms with Crippen molar-refractivity contribution in [2.45, 2.75) is 25.9 Å². The molecule has 0 aliphatic heterocycles. The highest BCUT2D eigenvalue weighted by atomic mass is 35.5. The number of halogens is 8. The molecule has 17 heteroatoms. The van der Waals surface area contributed by atoms with Crippen LogP contribution in [0.3, 0.4) is 0 Å². The molecule has 1 fully saturated rings. The van der Waals surface area contributed by atoms with Gasteiger partial charge in [-0.2, -0.15) is 23.5 Å². The number of hydrogen-bond donors (Lipinski definition) is 1. The van der Waals surface area contributed by atoms with E-state index in [1.165, 1.54) is 13.3 Å². The van der Waals surface area contributed by atoms with E-state index in [4.69, 9.17) is 37.5 Å². The van der Waals surface area contributed by atoms with Crippen molar-refractivity contribution < 1.29 is 37.0 Å². The Balaban J connectivity index is 0.00000104. The molecule has 202 valence electrons. The Morgan fingerprint density at radius 3 is 2.11 bits per heavy atom. The third kappa shape index (κ3) is 9.43. The molecule has 1 N–H and O–H groups in total. The summed E-state index contributed by atoms with van der Waals surface area (Å²) in [6.45, 7) is 1.53. The number of carbonyl (C=O) groups is 3. The number of alkyl halides is 4. The van der Waals surface area contributed by atoms with Gasteiger partial charge in [0.1, 0.15) is 11.8 Å². The summed E-state index contributed by atoms with van der Waals surface area (Å²) in [4.78, 5) is 33.1. The Labute approximate surface area is 233 Å². The fourth-order valence-corrected chi connectivity index (χ4v) is 3.19. The first-order valence-corrected chi connectivity index (χ1v) is 12.0. The van der Waals surface area contributed by atoms with Crippen molar-refractivity contribution >= 4 is 80.6 Å². The molecule has 1 heterocycles. The van der Waals surface area contributed by atoms with Crippen molar-refractivity contribution in [1.29, 1.82) is 5.26 Å². The van der Waals surface area contributed by atoms with E-state index in [0.29, 0.717) is 25.0 Å². The van der Waals surface area contributed by atoms with E-state index >= 15 is 0 Å². The minimum Gasteiger partial charge on any atom is -0.450 e. The van der Waals surface area contributed by atoms with E-state index in [1.807, 2.05) is 0 Å². The molecular weight excluding hydrogens is 611 g/mol. The molecule has 3 rings (SSSR count). The molecule has 1 amide bonds. The summed E-state index contributed by atoms with van der Waals surface area (Å²) in [7, 11) is 0.